The molecular formula is C26H30N4O. The van der Waals surface area contributed by atoms with Gasteiger partial charge in [0.2, 0.25) is 0 Å². The number of rotatable bonds is 7. The normalized spacial score (nSPS) is 15.1. The van der Waals surface area contributed by atoms with E-state index in [-0.39, 0.29) is 5.78 Å². The fourth-order valence-electron chi connectivity index (χ4n) is 4.12. The predicted octanol–water partition coefficient (Wildman–Crippen LogP) is 3.68. The van der Waals surface area contributed by atoms with Crippen molar-refractivity contribution >= 4 is 11.6 Å². The summed E-state index contributed by atoms with van der Waals surface area (Å²) >= 11 is 0. The van der Waals surface area contributed by atoms with E-state index in [4.69, 9.17) is 5.73 Å². The van der Waals surface area contributed by atoms with Crippen molar-refractivity contribution < 1.29 is 4.79 Å². The summed E-state index contributed by atoms with van der Waals surface area (Å²) in [5.41, 5.74) is 11.3. The second-order valence-electron chi connectivity index (χ2n) is 8.25. The number of nitrogens with zero attached hydrogens (tertiary/aromatic N) is 3. The first-order valence-electron chi connectivity index (χ1n) is 10.9. The van der Waals surface area contributed by atoms with Gasteiger partial charge in [-0.3, -0.25) is 9.69 Å². The lowest BCUT2D eigenvalue weighted by Gasteiger charge is -2.34. The van der Waals surface area contributed by atoms with Gasteiger partial charge in [0.15, 0.2) is 5.78 Å². The Balaban J connectivity index is 1.26. The Morgan fingerprint density at radius 1 is 0.935 bits per heavy atom. The number of carbonyl (C=O) groups is 1. The molecule has 5 heteroatoms. The Morgan fingerprint density at radius 2 is 1.68 bits per heavy atom. The number of ketones is 1. The fraction of sp³-hybridized carbons (Fsp3) is 0.308. The SMILES string of the molecule is Cc1cc(-c2cccc(N)n2)ccc1CCN1CCN(CC(=O)c2ccccc2)CC1. The van der Waals surface area contributed by atoms with E-state index in [0.717, 1.165) is 56.0 Å². The maximum absolute atomic E-state index is 12.4. The molecule has 4 rings (SSSR count). The highest BCUT2D eigenvalue weighted by atomic mass is 16.1. The summed E-state index contributed by atoms with van der Waals surface area (Å²) in [6, 6.07) is 21.9. The Labute approximate surface area is 184 Å². The molecule has 0 atom stereocenters. The number of anilines is 1. The summed E-state index contributed by atoms with van der Waals surface area (Å²) in [5.74, 6) is 0.753. The Morgan fingerprint density at radius 3 is 2.39 bits per heavy atom. The van der Waals surface area contributed by atoms with E-state index in [1.54, 1.807) is 0 Å². The monoisotopic (exact) mass is 414 g/mol. The molecule has 0 unspecified atom stereocenters. The molecule has 0 radical (unpaired) electrons. The zero-order valence-electron chi connectivity index (χ0n) is 18.1. The highest BCUT2D eigenvalue weighted by Gasteiger charge is 2.19. The van der Waals surface area contributed by atoms with Crippen molar-refractivity contribution in [3.05, 3.63) is 83.4 Å². The largest absolute Gasteiger partial charge is 0.384 e. The number of nitrogen functional groups attached to an aromatic ring is 1. The fourth-order valence-corrected chi connectivity index (χ4v) is 4.12. The molecule has 0 bridgehead atoms. The van der Waals surface area contributed by atoms with Crippen LogP contribution in [0.15, 0.2) is 66.7 Å². The average Bonchev–Trinajstić information content (AvgIpc) is 2.80. The summed E-state index contributed by atoms with van der Waals surface area (Å²) < 4.78 is 0. The van der Waals surface area contributed by atoms with Crippen LogP contribution in [-0.4, -0.2) is 59.8 Å². The van der Waals surface area contributed by atoms with Crippen molar-refractivity contribution in [2.75, 3.05) is 45.0 Å². The first-order valence-corrected chi connectivity index (χ1v) is 10.9. The summed E-state index contributed by atoms with van der Waals surface area (Å²) in [4.78, 5) is 21.6. The molecule has 0 amide bonds. The van der Waals surface area contributed by atoms with Crippen molar-refractivity contribution in [1.82, 2.24) is 14.8 Å². The van der Waals surface area contributed by atoms with Gasteiger partial charge in [0.1, 0.15) is 5.82 Å². The standard InChI is InChI=1S/C26H30N4O/c1-20-18-23(24-8-5-9-26(27)28-24)11-10-21(20)12-13-29-14-16-30(17-15-29)19-25(31)22-6-3-2-4-7-22/h2-11,18H,12-17,19H2,1H3,(H2,27,28). The number of pyridine rings is 1. The van der Waals surface area contributed by atoms with Crippen molar-refractivity contribution in [2.45, 2.75) is 13.3 Å². The van der Waals surface area contributed by atoms with Gasteiger partial charge in [-0.25, -0.2) is 4.98 Å². The quantitative estimate of drug-likeness (QED) is 0.598. The molecule has 2 N–H and O–H groups in total. The lowest BCUT2D eigenvalue weighted by Crippen LogP contribution is -2.48. The van der Waals surface area contributed by atoms with E-state index in [0.29, 0.717) is 12.4 Å². The number of hydrogen-bond acceptors (Lipinski definition) is 5. The average molecular weight is 415 g/mol. The van der Waals surface area contributed by atoms with Gasteiger partial charge in [-0.15, -0.1) is 0 Å². The molecule has 0 saturated carbocycles. The number of aromatic nitrogens is 1. The lowest BCUT2D eigenvalue weighted by atomic mass is 10.0. The minimum atomic E-state index is 0.208. The van der Waals surface area contributed by atoms with Crippen molar-refractivity contribution in [3.63, 3.8) is 0 Å². The smallest absolute Gasteiger partial charge is 0.176 e. The van der Waals surface area contributed by atoms with Crippen LogP contribution in [0, 0.1) is 6.92 Å². The van der Waals surface area contributed by atoms with Crippen LogP contribution >= 0.6 is 0 Å². The van der Waals surface area contributed by atoms with Gasteiger partial charge >= 0.3 is 0 Å². The number of aryl methyl sites for hydroxylation is 1. The minimum absolute atomic E-state index is 0.208. The summed E-state index contributed by atoms with van der Waals surface area (Å²) in [6.07, 6.45) is 1.03. The van der Waals surface area contributed by atoms with Crippen LogP contribution in [0.4, 0.5) is 5.82 Å². The van der Waals surface area contributed by atoms with Gasteiger partial charge in [0, 0.05) is 43.9 Å². The van der Waals surface area contributed by atoms with Crippen LogP contribution < -0.4 is 5.73 Å². The molecule has 1 aliphatic rings. The van der Waals surface area contributed by atoms with Crippen molar-refractivity contribution in [3.8, 4) is 11.3 Å². The van der Waals surface area contributed by atoms with Crippen LogP contribution in [0.1, 0.15) is 21.5 Å². The van der Waals surface area contributed by atoms with E-state index < -0.39 is 0 Å². The summed E-state index contributed by atoms with van der Waals surface area (Å²) in [6.45, 7) is 7.61. The Bertz CT molecular complexity index is 1030. The number of nitrogens with two attached hydrogens (primary N) is 1. The molecule has 31 heavy (non-hydrogen) atoms. The molecule has 0 aliphatic carbocycles. The van der Waals surface area contributed by atoms with Gasteiger partial charge in [-0.1, -0.05) is 48.5 Å². The van der Waals surface area contributed by atoms with E-state index >= 15 is 0 Å². The van der Waals surface area contributed by atoms with Gasteiger partial charge < -0.3 is 10.6 Å². The summed E-state index contributed by atoms with van der Waals surface area (Å²) in [7, 11) is 0. The molecule has 0 spiro atoms. The zero-order chi connectivity index (χ0) is 21.6. The van der Waals surface area contributed by atoms with Gasteiger partial charge in [0.25, 0.3) is 0 Å². The number of carbonyl (C=O) groups excluding carboxylic acids is 1. The van der Waals surface area contributed by atoms with E-state index in [1.165, 1.54) is 11.1 Å². The lowest BCUT2D eigenvalue weighted by molar-refractivity contribution is 0.0854. The molecule has 1 aliphatic heterocycles. The van der Waals surface area contributed by atoms with E-state index in [1.807, 2.05) is 48.5 Å². The zero-order valence-corrected chi connectivity index (χ0v) is 18.1. The minimum Gasteiger partial charge on any atom is -0.384 e. The predicted molar refractivity (Wildman–Crippen MR) is 126 cm³/mol. The van der Waals surface area contributed by atoms with Gasteiger partial charge in [-0.05, 0) is 42.7 Å². The third-order valence-electron chi connectivity index (χ3n) is 6.03. The van der Waals surface area contributed by atoms with Crippen molar-refractivity contribution in [2.24, 2.45) is 0 Å². The Hall–Kier alpha value is -3.02. The van der Waals surface area contributed by atoms with Gasteiger partial charge in [0.05, 0.1) is 12.2 Å². The van der Waals surface area contributed by atoms with E-state index in [2.05, 4.69) is 39.9 Å². The van der Waals surface area contributed by atoms with Crippen LogP contribution in [0.2, 0.25) is 0 Å². The highest BCUT2D eigenvalue weighted by Crippen LogP contribution is 2.22. The maximum Gasteiger partial charge on any atom is 0.176 e. The Kier molecular flexibility index (Phi) is 6.75. The number of piperazine rings is 1. The second-order valence-corrected chi connectivity index (χ2v) is 8.25. The number of hydrogen-bond donors (Lipinski definition) is 1. The molecule has 2 heterocycles. The number of Topliss-reactive ketones (excluding diaryl/α,β-unsaturated/α-hetero) is 1. The van der Waals surface area contributed by atoms with Crippen molar-refractivity contribution in [1.29, 1.82) is 0 Å². The maximum atomic E-state index is 12.4. The third kappa shape index (κ3) is 5.57. The van der Waals surface area contributed by atoms with Crippen LogP contribution in [0.25, 0.3) is 11.3 Å². The highest BCUT2D eigenvalue weighted by molar-refractivity contribution is 5.97. The molecular weight excluding hydrogens is 384 g/mol. The molecule has 2 aromatic carbocycles. The topological polar surface area (TPSA) is 62.5 Å². The molecule has 1 fully saturated rings. The van der Waals surface area contributed by atoms with Crippen LogP contribution in [-0.2, 0) is 6.42 Å². The summed E-state index contributed by atoms with van der Waals surface area (Å²) in [5, 5.41) is 0. The van der Waals surface area contributed by atoms with E-state index in [9.17, 15) is 4.79 Å². The molecule has 5 nitrogen and oxygen atoms in total. The van der Waals surface area contributed by atoms with Gasteiger partial charge in [-0.2, -0.15) is 0 Å². The first kappa shape index (κ1) is 21.2. The molecule has 1 aromatic heterocycles. The second kappa shape index (κ2) is 9.86. The third-order valence-corrected chi connectivity index (χ3v) is 6.03. The number of benzene rings is 2. The van der Waals surface area contributed by atoms with Crippen LogP contribution in [0.5, 0.6) is 0 Å². The van der Waals surface area contributed by atoms with Crippen LogP contribution in [0.3, 0.4) is 0 Å². The first-order chi connectivity index (χ1) is 15.1. The molecule has 160 valence electrons. The molecule has 1 saturated heterocycles. The molecule has 3 aromatic rings.